The first-order chi connectivity index (χ1) is 12.7. The Bertz CT molecular complexity index is 748. The summed E-state index contributed by atoms with van der Waals surface area (Å²) >= 11 is 0. The molecule has 0 N–H and O–H groups in total. The van der Waals surface area contributed by atoms with Crippen molar-refractivity contribution in [2.24, 2.45) is 0 Å². The molecular formula is C22H25NO3. The Hall–Kier alpha value is -2.59. The van der Waals surface area contributed by atoms with Crippen LogP contribution in [0.2, 0.25) is 0 Å². The van der Waals surface area contributed by atoms with E-state index in [1.807, 2.05) is 43.1 Å². The molecule has 3 rings (SSSR count). The third-order valence-electron chi connectivity index (χ3n) is 4.43. The lowest BCUT2D eigenvalue weighted by molar-refractivity contribution is -0.144. The van der Waals surface area contributed by atoms with Crippen LogP contribution < -0.4 is 4.74 Å². The van der Waals surface area contributed by atoms with Crippen molar-refractivity contribution in [3.05, 3.63) is 71.3 Å². The molecule has 2 aromatic rings. The van der Waals surface area contributed by atoms with Crippen molar-refractivity contribution in [2.45, 2.75) is 20.0 Å². The summed E-state index contributed by atoms with van der Waals surface area (Å²) in [6.45, 7) is 3.92. The molecule has 0 atom stereocenters. The van der Waals surface area contributed by atoms with Gasteiger partial charge in [0.1, 0.15) is 12.4 Å². The highest BCUT2D eigenvalue weighted by Crippen LogP contribution is 2.36. The predicted molar refractivity (Wildman–Crippen MR) is 103 cm³/mol. The second-order valence-corrected chi connectivity index (χ2v) is 6.39. The fourth-order valence-electron chi connectivity index (χ4n) is 3.18. The van der Waals surface area contributed by atoms with Gasteiger partial charge in [0.15, 0.2) is 0 Å². The Labute approximate surface area is 155 Å². The molecular weight excluding hydrogens is 326 g/mol. The molecule has 0 amide bonds. The predicted octanol–water partition coefficient (Wildman–Crippen LogP) is 3.90. The summed E-state index contributed by atoms with van der Waals surface area (Å²) in [6.07, 6.45) is 3.09. The monoisotopic (exact) mass is 351 g/mol. The first-order valence-corrected chi connectivity index (χ1v) is 9.04. The quantitative estimate of drug-likeness (QED) is 0.740. The van der Waals surface area contributed by atoms with E-state index in [1.54, 1.807) is 0 Å². The van der Waals surface area contributed by atoms with E-state index in [0.29, 0.717) is 19.8 Å². The third kappa shape index (κ3) is 4.33. The van der Waals surface area contributed by atoms with Gasteiger partial charge in [-0.2, -0.15) is 0 Å². The van der Waals surface area contributed by atoms with Gasteiger partial charge < -0.3 is 9.47 Å². The van der Waals surface area contributed by atoms with Gasteiger partial charge in [-0.25, -0.2) is 0 Å². The minimum absolute atomic E-state index is 0.179. The summed E-state index contributed by atoms with van der Waals surface area (Å²) in [6, 6.07) is 16.5. The second-order valence-electron chi connectivity index (χ2n) is 6.39. The lowest BCUT2D eigenvalue weighted by Gasteiger charge is -2.15. The van der Waals surface area contributed by atoms with Gasteiger partial charge in [0.2, 0.25) is 0 Å². The number of likely N-dealkylation sites (N-methyl/N-ethyl adjacent to an activating group) is 1. The number of carbonyl (C=O) groups is 1. The van der Waals surface area contributed by atoms with E-state index in [0.717, 1.165) is 24.3 Å². The summed E-state index contributed by atoms with van der Waals surface area (Å²) in [5.74, 6) is 0.732. The molecule has 0 unspecified atom stereocenters. The van der Waals surface area contributed by atoms with Crippen LogP contribution >= 0.6 is 0 Å². The van der Waals surface area contributed by atoms with E-state index >= 15 is 0 Å². The number of carbonyl (C=O) groups excluding carboxylic acids is 1. The van der Waals surface area contributed by atoms with Gasteiger partial charge >= 0.3 is 5.97 Å². The number of hydrogen-bond donors (Lipinski definition) is 0. The highest BCUT2D eigenvalue weighted by atomic mass is 16.5. The van der Waals surface area contributed by atoms with Crippen molar-refractivity contribution < 1.29 is 14.3 Å². The van der Waals surface area contributed by atoms with Crippen molar-refractivity contribution >= 4 is 11.5 Å². The van der Waals surface area contributed by atoms with Gasteiger partial charge in [0.05, 0.1) is 13.2 Å². The zero-order valence-corrected chi connectivity index (χ0v) is 15.4. The van der Waals surface area contributed by atoms with Crippen LogP contribution in [-0.4, -0.2) is 37.6 Å². The Morgan fingerprint density at radius 1 is 1.15 bits per heavy atom. The van der Waals surface area contributed by atoms with Crippen molar-refractivity contribution in [2.75, 3.05) is 26.7 Å². The minimum atomic E-state index is -0.179. The van der Waals surface area contributed by atoms with Crippen molar-refractivity contribution in [1.82, 2.24) is 4.90 Å². The SMILES string of the molecule is CCOC(=O)CN(C)CC/C=C1/c2ccccc2COc2ccccc21. The second kappa shape index (κ2) is 8.68. The van der Waals surface area contributed by atoms with Crippen LogP contribution in [-0.2, 0) is 16.1 Å². The van der Waals surface area contributed by atoms with Crippen LogP contribution in [0.25, 0.3) is 5.57 Å². The molecule has 0 radical (unpaired) electrons. The van der Waals surface area contributed by atoms with E-state index in [4.69, 9.17) is 9.47 Å². The molecule has 2 aromatic carbocycles. The van der Waals surface area contributed by atoms with Crippen LogP contribution in [0, 0.1) is 0 Å². The van der Waals surface area contributed by atoms with Crippen LogP contribution in [0.1, 0.15) is 30.0 Å². The lowest BCUT2D eigenvalue weighted by Crippen LogP contribution is -2.28. The summed E-state index contributed by atoms with van der Waals surface area (Å²) < 4.78 is 11.0. The van der Waals surface area contributed by atoms with Gasteiger partial charge in [-0.3, -0.25) is 9.69 Å². The Kier molecular flexibility index (Phi) is 6.08. The van der Waals surface area contributed by atoms with Crippen molar-refractivity contribution in [3.8, 4) is 5.75 Å². The molecule has 0 saturated heterocycles. The Balaban J connectivity index is 1.80. The zero-order valence-electron chi connectivity index (χ0n) is 15.4. The zero-order chi connectivity index (χ0) is 18.4. The smallest absolute Gasteiger partial charge is 0.320 e. The molecule has 136 valence electrons. The van der Waals surface area contributed by atoms with Gasteiger partial charge in [-0.15, -0.1) is 0 Å². The average Bonchev–Trinajstić information content (AvgIpc) is 2.79. The highest BCUT2D eigenvalue weighted by Gasteiger charge is 2.18. The van der Waals surface area contributed by atoms with Gasteiger partial charge in [0.25, 0.3) is 0 Å². The molecule has 1 heterocycles. The van der Waals surface area contributed by atoms with E-state index in [9.17, 15) is 4.79 Å². The van der Waals surface area contributed by atoms with Gasteiger partial charge in [-0.05, 0) is 43.2 Å². The molecule has 0 aromatic heterocycles. The Morgan fingerprint density at radius 3 is 2.69 bits per heavy atom. The molecule has 26 heavy (non-hydrogen) atoms. The van der Waals surface area contributed by atoms with Crippen LogP contribution in [0.3, 0.4) is 0 Å². The number of hydrogen-bond acceptors (Lipinski definition) is 4. The van der Waals surface area contributed by atoms with Gasteiger partial charge in [-0.1, -0.05) is 48.5 Å². The van der Waals surface area contributed by atoms with E-state index in [-0.39, 0.29) is 5.97 Å². The van der Waals surface area contributed by atoms with E-state index in [1.165, 1.54) is 16.7 Å². The number of ether oxygens (including phenoxy) is 2. The van der Waals surface area contributed by atoms with Crippen LogP contribution in [0.4, 0.5) is 0 Å². The molecule has 0 aliphatic carbocycles. The van der Waals surface area contributed by atoms with E-state index < -0.39 is 0 Å². The molecule has 4 nitrogen and oxygen atoms in total. The van der Waals surface area contributed by atoms with E-state index in [2.05, 4.69) is 30.3 Å². The summed E-state index contributed by atoms with van der Waals surface area (Å²) in [5.41, 5.74) is 4.71. The average molecular weight is 351 g/mol. The maximum Gasteiger partial charge on any atom is 0.320 e. The first-order valence-electron chi connectivity index (χ1n) is 9.04. The molecule has 1 aliphatic rings. The van der Waals surface area contributed by atoms with Crippen molar-refractivity contribution in [1.29, 1.82) is 0 Å². The topological polar surface area (TPSA) is 38.8 Å². The first kappa shape index (κ1) is 18.2. The molecule has 0 spiro atoms. The molecule has 0 saturated carbocycles. The molecule has 4 heteroatoms. The number of benzene rings is 2. The number of esters is 1. The van der Waals surface area contributed by atoms with Crippen LogP contribution in [0.5, 0.6) is 5.75 Å². The molecule has 1 aliphatic heterocycles. The maximum absolute atomic E-state index is 11.6. The standard InChI is InChI=1S/C22H25NO3/c1-3-25-22(24)15-23(2)14-8-12-19-18-10-5-4-9-17(18)16-26-21-13-7-6-11-20(19)21/h4-7,9-13H,3,8,14-16H2,1-2H3/b19-12-. The molecule has 0 fully saturated rings. The summed E-state index contributed by atoms with van der Waals surface area (Å²) in [7, 11) is 1.94. The fourth-order valence-corrected chi connectivity index (χ4v) is 3.18. The normalized spacial score (nSPS) is 14.3. The summed E-state index contributed by atoms with van der Waals surface area (Å²) in [4.78, 5) is 13.6. The Morgan fingerprint density at radius 2 is 1.88 bits per heavy atom. The number of para-hydroxylation sites is 1. The minimum Gasteiger partial charge on any atom is -0.488 e. The fraction of sp³-hybridized carbons (Fsp3) is 0.318. The maximum atomic E-state index is 11.6. The third-order valence-corrected chi connectivity index (χ3v) is 4.43. The summed E-state index contributed by atoms with van der Waals surface area (Å²) in [5, 5.41) is 0. The number of rotatable bonds is 6. The molecule has 0 bridgehead atoms. The lowest BCUT2D eigenvalue weighted by atomic mass is 9.93. The van der Waals surface area contributed by atoms with Crippen molar-refractivity contribution in [3.63, 3.8) is 0 Å². The highest BCUT2D eigenvalue weighted by molar-refractivity contribution is 5.84. The number of nitrogens with zero attached hydrogens (tertiary/aromatic N) is 1. The number of fused-ring (bicyclic) bond motifs is 2. The largest absolute Gasteiger partial charge is 0.488 e. The van der Waals surface area contributed by atoms with Crippen LogP contribution in [0.15, 0.2) is 54.6 Å². The van der Waals surface area contributed by atoms with Gasteiger partial charge in [0, 0.05) is 12.1 Å².